The van der Waals surface area contributed by atoms with Crippen molar-refractivity contribution in [3.05, 3.63) is 205 Å². The number of nitrogens with zero attached hydrogens (tertiary/aromatic N) is 3. The fourth-order valence-corrected chi connectivity index (χ4v) is 7.58. The second-order valence-corrected chi connectivity index (χ2v) is 13.8. The fraction of sp³-hybridized carbons (Fsp3) is 0.0392. The van der Waals surface area contributed by atoms with Crippen LogP contribution in [-0.4, -0.2) is 15.0 Å². The molecule has 10 rings (SSSR count). The van der Waals surface area contributed by atoms with Crippen LogP contribution in [0.5, 0.6) is 5.75 Å². The Hall–Kier alpha value is -7.17. The first kappa shape index (κ1) is 29.3. The van der Waals surface area contributed by atoms with E-state index in [0.717, 1.165) is 60.8 Å². The van der Waals surface area contributed by atoms with E-state index >= 15 is 0 Å². The Bertz CT molecular complexity index is 2950. The summed E-state index contributed by atoms with van der Waals surface area (Å²) in [6, 6.07) is 64.1. The van der Waals surface area contributed by atoms with Gasteiger partial charge in [-0.25, -0.2) is 15.0 Å². The summed E-state index contributed by atoms with van der Waals surface area (Å²) in [5, 5.41) is 2.25. The number of benzene rings is 8. The molecular formula is C51H35N3O. The van der Waals surface area contributed by atoms with Gasteiger partial charge in [0.25, 0.3) is 0 Å². The van der Waals surface area contributed by atoms with Crippen LogP contribution in [0.4, 0.5) is 0 Å². The average Bonchev–Trinajstić information content (AvgIpc) is 3.28. The van der Waals surface area contributed by atoms with Crippen molar-refractivity contribution >= 4 is 10.8 Å². The minimum atomic E-state index is -2.50. The Morgan fingerprint density at radius 3 is 1.65 bits per heavy atom. The van der Waals surface area contributed by atoms with Crippen molar-refractivity contribution in [2.24, 2.45) is 0 Å². The maximum atomic E-state index is 8.82. The molecule has 0 amide bonds. The molecule has 0 saturated carbocycles. The smallest absolute Gasteiger partial charge is 0.164 e. The zero-order chi connectivity index (χ0) is 39.3. The fourth-order valence-electron chi connectivity index (χ4n) is 7.58. The Balaban J connectivity index is 1.07. The van der Waals surface area contributed by atoms with Gasteiger partial charge in [-0.2, -0.15) is 0 Å². The van der Waals surface area contributed by atoms with Crippen LogP contribution in [0.15, 0.2) is 194 Å². The van der Waals surface area contributed by atoms with Crippen molar-refractivity contribution in [1.29, 1.82) is 0 Å². The van der Waals surface area contributed by atoms with Gasteiger partial charge in [-0.15, -0.1) is 0 Å². The van der Waals surface area contributed by atoms with Crippen molar-refractivity contribution in [2.45, 2.75) is 12.5 Å². The second kappa shape index (κ2) is 13.4. The normalized spacial score (nSPS) is 15.5. The topological polar surface area (TPSA) is 47.9 Å². The van der Waals surface area contributed by atoms with Crippen molar-refractivity contribution < 1.29 is 8.85 Å². The first-order valence-electron chi connectivity index (χ1n) is 19.9. The molecule has 55 heavy (non-hydrogen) atoms. The molecule has 4 nitrogen and oxygen atoms in total. The molecule has 1 aliphatic heterocycles. The molecule has 1 aromatic heterocycles. The Morgan fingerprint density at radius 1 is 0.418 bits per heavy atom. The van der Waals surface area contributed by atoms with E-state index in [1.807, 2.05) is 109 Å². The van der Waals surface area contributed by atoms with Crippen molar-refractivity contribution in [3.8, 4) is 73.3 Å². The monoisotopic (exact) mass is 708 g/mol. The summed E-state index contributed by atoms with van der Waals surface area (Å²) in [5.41, 5.74) is 7.93. The highest BCUT2D eigenvalue weighted by atomic mass is 16.5. The van der Waals surface area contributed by atoms with Gasteiger partial charge in [-0.05, 0) is 63.1 Å². The highest BCUT2D eigenvalue weighted by molar-refractivity contribution is 5.91. The first-order chi connectivity index (χ1) is 28.4. The highest BCUT2D eigenvalue weighted by Gasteiger charge is 2.39. The minimum absolute atomic E-state index is 0.515. The lowest BCUT2D eigenvalue weighted by Crippen LogP contribution is -2.34. The average molecular weight is 709 g/mol. The van der Waals surface area contributed by atoms with Crippen LogP contribution in [0.1, 0.15) is 22.1 Å². The maximum Gasteiger partial charge on any atom is 0.164 e. The molecule has 1 aliphatic rings. The molecule has 0 saturated heterocycles. The standard InChI is InChI=1S/C51H35N3O/c1-51(42-17-6-3-7-18-42)45-21-11-10-19-44(45)47-43(20-12-22-46(47)55-51)37-26-30-39(31-27-37)49-52-48(38-28-23-36(24-29-38)34-13-4-2-5-14-34)53-50(54-49)41-32-25-35-15-8-9-16-40(35)33-41/h2-33H,1H3/i1D3. The molecule has 4 heteroatoms. The third kappa shape index (κ3) is 5.85. The zero-order valence-electron chi connectivity index (χ0n) is 32.7. The van der Waals surface area contributed by atoms with Gasteiger partial charge in [0.15, 0.2) is 23.1 Å². The largest absolute Gasteiger partial charge is 0.477 e. The van der Waals surface area contributed by atoms with Gasteiger partial charge in [0.1, 0.15) is 5.75 Å². The van der Waals surface area contributed by atoms with Crippen LogP contribution in [0.2, 0.25) is 0 Å². The van der Waals surface area contributed by atoms with Crippen molar-refractivity contribution in [2.75, 3.05) is 0 Å². The van der Waals surface area contributed by atoms with Crippen molar-refractivity contribution in [3.63, 3.8) is 0 Å². The summed E-state index contributed by atoms with van der Waals surface area (Å²) in [7, 11) is 0. The van der Waals surface area contributed by atoms with Crippen LogP contribution in [0, 0.1) is 0 Å². The van der Waals surface area contributed by atoms with Crippen LogP contribution >= 0.6 is 0 Å². The molecule has 0 fully saturated rings. The SMILES string of the molecule is [2H]C([2H])([2H])C1(c2ccccc2)Oc2cccc(-c3ccc(-c4nc(-c5ccc(-c6ccccc6)cc5)nc(-c5ccc6ccccc6c5)n4)cc3)c2-c2ccccc21. The van der Waals surface area contributed by atoms with E-state index < -0.39 is 12.5 Å². The third-order valence-electron chi connectivity index (χ3n) is 10.4. The van der Waals surface area contributed by atoms with Crippen LogP contribution in [0.3, 0.4) is 0 Å². The first-order valence-corrected chi connectivity index (χ1v) is 18.4. The van der Waals surface area contributed by atoms with Crippen LogP contribution in [0.25, 0.3) is 78.3 Å². The highest BCUT2D eigenvalue weighted by Crippen LogP contribution is 2.51. The van der Waals surface area contributed by atoms with E-state index in [-0.39, 0.29) is 0 Å². The molecule has 260 valence electrons. The van der Waals surface area contributed by atoms with E-state index in [9.17, 15) is 0 Å². The van der Waals surface area contributed by atoms with E-state index in [2.05, 4.69) is 84.9 Å². The Labute approximate surface area is 324 Å². The van der Waals surface area contributed by atoms with Gasteiger partial charge in [-0.1, -0.05) is 182 Å². The van der Waals surface area contributed by atoms with E-state index in [4.69, 9.17) is 23.8 Å². The number of aromatic nitrogens is 3. The zero-order valence-corrected chi connectivity index (χ0v) is 29.7. The van der Waals surface area contributed by atoms with Gasteiger partial charge in [0, 0.05) is 31.9 Å². The number of hydrogen-bond donors (Lipinski definition) is 0. The number of rotatable bonds is 6. The summed E-state index contributed by atoms with van der Waals surface area (Å²) in [5.74, 6) is 2.24. The molecule has 1 atom stereocenters. The van der Waals surface area contributed by atoms with Gasteiger partial charge in [-0.3, -0.25) is 0 Å². The molecule has 0 spiro atoms. The predicted molar refractivity (Wildman–Crippen MR) is 223 cm³/mol. The molecular weight excluding hydrogens is 671 g/mol. The molecule has 0 bridgehead atoms. The summed E-state index contributed by atoms with van der Waals surface area (Å²) in [4.78, 5) is 15.1. The Morgan fingerprint density at radius 2 is 0.945 bits per heavy atom. The van der Waals surface area contributed by atoms with Gasteiger partial charge >= 0.3 is 0 Å². The molecule has 0 aliphatic carbocycles. The molecule has 0 radical (unpaired) electrons. The number of fused-ring (bicyclic) bond motifs is 4. The molecule has 1 unspecified atom stereocenters. The lowest BCUT2D eigenvalue weighted by Gasteiger charge is -2.39. The minimum Gasteiger partial charge on any atom is -0.477 e. The van der Waals surface area contributed by atoms with E-state index in [1.165, 1.54) is 0 Å². The molecule has 8 aromatic carbocycles. The van der Waals surface area contributed by atoms with Gasteiger partial charge < -0.3 is 4.74 Å². The van der Waals surface area contributed by atoms with E-state index in [1.54, 1.807) is 0 Å². The van der Waals surface area contributed by atoms with Crippen LogP contribution < -0.4 is 4.74 Å². The quantitative estimate of drug-likeness (QED) is 0.173. The molecule has 0 N–H and O–H groups in total. The molecule has 9 aromatic rings. The molecule has 2 heterocycles. The second-order valence-electron chi connectivity index (χ2n) is 13.8. The van der Waals surface area contributed by atoms with Crippen molar-refractivity contribution in [1.82, 2.24) is 15.0 Å². The third-order valence-corrected chi connectivity index (χ3v) is 10.4. The van der Waals surface area contributed by atoms with E-state index in [0.29, 0.717) is 34.3 Å². The summed E-state index contributed by atoms with van der Waals surface area (Å²) in [6.45, 7) is -2.50. The van der Waals surface area contributed by atoms with Crippen LogP contribution in [-0.2, 0) is 5.60 Å². The lowest BCUT2D eigenvalue weighted by molar-refractivity contribution is 0.129. The summed E-state index contributed by atoms with van der Waals surface area (Å²) < 4.78 is 33.2. The van der Waals surface area contributed by atoms with Gasteiger partial charge in [0.05, 0.1) is 0 Å². The summed E-state index contributed by atoms with van der Waals surface area (Å²) >= 11 is 0. The Kier molecular flexibility index (Phi) is 7.11. The van der Waals surface area contributed by atoms with Gasteiger partial charge in [0.2, 0.25) is 0 Å². The lowest BCUT2D eigenvalue weighted by atomic mass is 9.79. The predicted octanol–water partition coefficient (Wildman–Crippen LogP) is 12.7. The maximum absolute atomic E-state index is 8.82. The summed E-state index contributed by atoms with van der Waals surface area (Å²) in [6.07, 6.45) is 0. The number of hydrogen-bond acceptors (Lipinski definition) is 4. The number of ether oxygens (including phenoxy) is 1.